The lowest BCUT2D eigenvalue weighted by Gasteiger charge is -2.26. The second-order valence-corrected chi connectivity index (χ2v) is 7.63. The molecule has 1 heterocycles. The Bertz CT molecular complexity index is 872. The summed E-state index contributed by atoms with van der Waals surface area (Å²) in [4.78, 5) is 28.0. The summed E-state index contributed by atoms with van der Waals surface area (Å²) in [7, 11) is 3.07. The van der Waals surface area contributed by atoms with Crippen LogP contribution in [0.2, 0.25) is 0 Å². The fourth-order valence-electron chi connectivity index (χ4n) is 3.63. The maximum Gasteiger partial charge on any atom is 0.252 e. The number of amides is 2. The van der Waals surface area contributed by atoms with Crippen molar-refractivity contribution >= 4 is 17.5 Å². The van der Waals surface area contributed by atoms with Crippen LogP contribution in [0.3, 0.4) is 0 Å². The molecule has 1 atom stereocenters. The Morgan fingerprint density at radius 3 is 2.34 bits per heavy atom. The molecule has 0 aliphatic carbocycles. The van der Waals surface area contributed by atoms with Crippen LogP contribution in [0.4, 0.5) is 5.69 Å². The molecule has 1 aliphatic heterocycles. The highest BCUT2D eigenvalue weighted by Crippen LogP contribution is 2.29. The van der Waals surface area contributed by atoms with Gasteiger partial charge in [0.25, 0.3) is 5.91 Å². The molecule has 6 heteroatoms. The second-order valence-electron chi connectivity index (χ2n) is 7.63. The van der Waals surface area contributed by atoms with Gasteiger partial charge in [-0.2, -0.15) is 0 Å². The summed E-state index contributed by atoms with van der Waals surface area (Å²) >= 11 is 0. The van der Waals surface area contributed by atoms with Gasteiger partial charge in [-0.05, 0) is 42.5 Å². The molecule has 0 saturated carbocycles. The Hall–Kier alpha value is -3.02. The van der Waals surface area contributed by atoms with Crippen molar-refractivity contribution in [3.63, 3.8) is 0 Å². The molecular formula is C23H28N2O4. The van der Waals surface area contributed by atoms with Crippen LogP contribution in [0.15, 0.2) is 42.5 Å². The van der Waals surface area contributed by atoms with E-state index >= 15 is 0 Å². The first kappa shape index (κ1) is 20.7. The molecule has 0 unspecified atom stereocenters. The number of ether oxygens (including phenoxy) is 2. The molecule has 0 aromatic heterocycles. The molecule has 1 N–H and O–H groups in total. The van der Waals surface area contributed by atoms with E-state index in [0.717, 1.165) is 17.7 Å². The zero-order valence-corrected chi connectivity index (χ0v) is 17.4. The zero-order chi connectivity index (χ0) is 21.0. The third kappa shape index (κ3) is 4.70. The number of carbonyl (C=O) groups excluding carboxylic acids is 2. The van der Waals surface area contributed by atoms with Crippen LogP contribution in [0.1, 0.15) is 36.2 Å². The van der Waals surface area contributed by atoms with Gasteiger partial charge in [-0.15, -0.1) is 0 Å². The van der Waals surface area contributed by atoms with Crippen molar-refractivity contribution in [2.75, 3.05) is 25.7 Å². The Balaban J connectivity index is 1.83. The average Bonchev–Trinajstić information content (AvgIpc) is 3.16. The maximum atomic E-state index is 13.3. The third-order valence-electron chi connectivity index (χ3n) is 5.08. The average molecular weight is 396 g/mol. The Labute approximate surface area is 171 Å². The number of fused-ring (bicyclic) bond motifs is 1. The number of carbonyl (C=O) groups is 2. The first-order valence-electron chi connectivity index (χ1n) is 9.86. The van der Waals surface area contributed by atoms with Gasteiger partial charge >= 0.3 is 0 Å². The van der Waals surface area contributed by atoms with Crippen molar-refractivity contribution in [2.24, 2.45) is 5.92 Å². The topological polar surface area (TPSA) is 67.9 Å². The van der Waals surface area contributed by atoms with Crippen molar-refractivity contribution in [1.82, 2.24) is 5.32 Å². The fraction of sp³-hybridized carbons (Fsp3) is 0.391. The standard InChI is InChI=1S/C23H28N2O4/c1-15(2)11-20(23(27)25-10-9-16-7-5-6-8-21(16)25)24-22(26)17-12-18(28-3)14-19(13-17)29-4/h5-8,12-15,20H,9-11H2,1-4H3,(H,24,26)/t20-/m1/s1. The fourth-order valence-corrected chi connectivity index (χ4v) is 3.63. The molecule has 0 fully saturated rings. The number of methoxy groups -OCH3 is 2. The summed E-state index contributed by atoms with van der Waals surface area (Å²) in [5.41, 5.74) is 2.49. The van der Waals surface area contributed by atoms with Crippen molar-refractivity contribution in [2.45, 2.75) is 32.7 Å². The number of nitrogens with one attached hydrogen (secondary N) is 1. The Kier molecular flexibility index (Phi) is 6.42. The van der Waals surface area contributed by atoms with Crippen molar-refractivity contribution in [3.8, 4) is 11.5 Å². The molecule has 0 radical (unpaired) electrons. The molecular weight excluding hydrogens is 368 g/mol. The first-order chi connectivity index (χ1) is 13.9. The highest BCUT2D eigenvalue weighted by Gasteiger charge is 2.31. The molecule has 3 rings (SSSR count). The summed E-state index contributed by atoms with van der Waals surface area (Å²) in [5, 5.41) is 2.93. The van der Waals surface area contributed by atoms with Crippen LogP contribution < -0.4 is 19.7 Å². The molecule has 1 aliphatic rings. The van der Waals surface area contributed by atoms with Crippen LogP contribution in [0.25, 0.3) is 0 Å². The van der Waals surface area contributed by atoms with E-state index < -0.39 is 6.04 Å². The van der Waals surface area contributed by atoms with E-state index in [9.17, 15) is 9.59 Å². The lowest BCUT2D eigenvalue weighted by Crippen LogP contribution is -2.49. The quantitative estimate of drug-likeness (QED) is 0.779. The first-order valence-corrected chi connectivity index (χ1v) is 9.86. The van der Waals surface area contributed by atoms with Gasteiger partial charge in [-0.25, -0.2) is 0 Å². The molecule has 2 amide bonds. The van der Waals surface area contributed by atoms with Gasteiger partial charge in [0.1, 0.15) is 17.5 Å². The minimum atomic E-state index is -0.606. The van der Waals surface area contributed by atoms with Crippen LogP contribution in [-0.4, -0.2) is 38.6 Å². The molecule has 0 saturated heterocycles. The monoisotopic (exact) mass is 396 g/mol. The summed E-state index contributed by atoms with van der Waals surface area (Å²) in [6.07, 6.45) is 1.39. The number of hydrogen-bond donors (Lipinski definition) is 1. The van der Waals surface area contributed by atoms with E-state index in [1.165, 1.54) is 14.2 Å². The van der Waals surface area contributed by atoms with Gasteiger partial charge in [0, 0.05) is 23.9 Å². The SMILES string of the molecule is COc1cc(OC)cc(C(=O)N[C@H](CC(C)C)C(=O)N2CCc3ccccc32)c1. The molecule has 0 bridgehead atoms. The van der Waals surface area contributed by atoms with Crippen molar-refractivity contribution in [3.05, 3.63) is 53.6 Å². The van der Waals surface area contributed by atoms with E-state index in [4.69, 9.17) is 9.47 Å². The van der Waals surface area contributed by atoms with E-state index in [-0.39, 0.29) is 17.7 Å². The number of benzene rings is 2. The van der Waals surface area contributed by atoms with Gasteiger partial charge in [0.2, 0.25) is 5.91 Å². The van der Waals surface area contributed by atoms with Gasteiger partial charge in [0.05, 0.1) is 14.2 Å². The zero-order valence-electron chi connectivity index (χ0n) is 17.4. The summed E-state index contributed by atoms with van der Waals surface area (Å²) in [6.45, 7) is 4.72. The van der Waals surface area contributed by atoms with Gasteiger partial charge < -0.3 is 19.7 Å². The third-order valence-corrected chi connectivity index (χ3v) is 5.08. The molecule has 0 spiro atoms. The Morgan fingerprint density at radius 1 is 1.07 bits per heavy atom. The molecule has 29 heavy (non-hydrogen) atoms. The second kappa shape index (κ2) is 8.99. The highest BCUT2D eigenvalue weighted by atomic mass is 16.5. The summed E-state index contributed by atoms with van der Waals surface area (Å²) in [5.74, 6) is 0.895. The number of para-hydroxylation sites is 1. The lowest BCUT2D eigenvalue weighted by atomic mass is 10.0. The van der Waals surface area contributed by atoms with Crippen molar-refractivity contribution in [1.29, 1.82) is 0 Å². The smallest absolute Gasteiger partial charge is 0.252 e. The normalized spacial score (nSPS) is 13.8. The number of nitrogens with zero attached hydrogens (tertiary/aromatic N) is 1. The van der Waals surface area contributed by atoms with Crippen LogP contribution >= 0.6 is 0 Å². The van der Waals surface area contributed by atoms with Crippen LogP contribution in [0, 0.1) is 5.92 Å². The van der Waals surface area contributed by atoms with Crippen LogP contribution in [-0.2, 0) is 11.2 Å². The van der Waals surface area contributed by atoms with E-state index in [1.54, 1.807) is 23.1 Å². The van der Waals surface area contributed by atoms with E-state index in [1.807, 2.05) is 38.1 Å². The predicted molar refractivity (Wildman–Crippen MR) is 113 cm³/mol. The molecule has 2 aromatic rings. The van der Waals surface area contributed by atoms with Gasteiger partial charge in [0.15, 0.2) is 0 Å². The summed E-state index contributed by atoms with van der Waals surface area (Å²) < 4.78 is 10.5. The predicted octanol–water partition coefficient (Wildman–Crippen LogP) is 3.44. The largest absolute Gasteiger partial charge is 0.497 e. The van der Waals surface area contributed by atoms with E-state index in [0.29, 0.717) is 30.0 Å². The van der Waals surface area contributed by atoms with Gasteiger partial charge in [-0.3, -0.25) is 9.59 Å². The number of rotatable bonds is 7. The minimum absolute atomic E-state index is 0.0770. The van der Waals surface area contributed by atoms with Crippen molar-refractivity contribution < 1.29 is 19.1 Å². The Morgan fingerprint density at radius 2 is 1.72 bits per heavy atom. The van der Waals surface area contributed by atoms with E-state index in [2.05, 4.69) is 5.32 Å². The van der Waals surface area contributed by atoms with Crippen LogP contribution in [0.5, 0.6) is 11.5 Å². The maximum absolute atomic E-state index is 13.3. The summed E-state index contributed by atoms with van der Waals surface area (Å²) in [6, 6.07) is 12.3. The minimum Gasteiger partial charge on any atom is -0.497 e. The highest BCUT2D eigenvalue weighted by molar-refractivity contribution is 6.03. The lowest BCUT2D eigenvalue weighted by molar-refractivity contribution is -0.120. The molecule has 6 nitrogen and oxygen atoms in total. The number of hydrogen-bond acceptors (Lipinski definition) is 4. The molecule has 2 aromatic carbocycles. The molecule has 154 valence electrons. The number of anilines is 1. The van der Waals surface area contributed by atoms with Gasteiger partial charge in [-0.1, -0.05) is 32.0 Å².